The van der Waals surface area contributed by atoms with Gasteiger partial charge in [-0.05, 0) is 68.9 Å². The SMILES string of the molecule is CC(=O)c1ccc(CN(C)C)cc1NC(=O)[C@H](NC(=O)N1CCN(c2ccccc2C)CC1)[C@H](C)c1c[nH]c2ccccc12. The first kappa shape index (κ1) is 30.8. The van der Waals surface area contributed by atoms with Crippen LogP contribution < -0.4 is 15.5 Å². The van der Waals surface area contributed by atoms with Gasteiger partial charge >= 0.3 is 6.03 Å². The minimum atomic E-state index is -0.895. The molecule has 1 aliphatic heterocycles. The Morgan fingerprint density at radius 1 is 0.955 bits per heavy atom. The van der Waals surface area contributed by atoms with E-state index in [1.165, 1.54) is 18.2 Å². The van der Waals surface area contributed by atoms with Crippen molar-refractivity contribution in [1.82, 2.24) is 20.1 Å². The monoisotopic (exact) mass is 594 g/mol. The van der Waals surface area contributed by atoms with Crippen molar-refractivity contribution in [1.29, 1.82) is 0 Å². The number of hydrogen-bond donors (Lipinski definition) is 3. The Labute approximate surface area is 259 Å². The number of aromatic nitrogens is 1. The molecule has 1 aliphatic rings. The largest absolute Gasteiger partial charge is 0.368 e. The fourth-order valence-corrected chi connectivity index (χ4v) is 6.04. The summed E-state index contributed by atoms with van der Waals surface area (Å²) >= 11 is 0. The summed E-state index contributed by atoms with van der Waals surface area (Å²) in [5, 5.41) is 7.08. The fourth-order valence-electron chi connectivity index (χ4n) is 6.04. The van der Waals surface area contributed by atoms with E-state index < -0.39 is 6.04 Å². The molecule has 0 radical (unpaired) electrons. The molecule has 0 bridgehead atoms. The highest BCUT2D eigenvalue weighted by molar-refractivity contribution is 6.06. The second-order valence-corrected chi connectivity index (χ2v) is 11.9. The Morgan fingerprint density at radius 3 is 2.36 bits per heavy atom. The number of ketones is 1. The van der Waals surface area contributed by atoms with Crippen LogP contribution in [0.4, 0.5) is 16.2 Å². The van der Waals surface area contributed by atoms with E-state index in [1.807, 2.05) is 80.6 Å². The van der Waals surface area contributed by atoms with Gasteiger partial charge < -0.3 is 30.3 Å². The molecule has 0 spiro atoms. The summed E-state index contributed by atoms with van der Waals surface area (Å²) in [6.07, 6.45) is 1.90. The lowest BCUT2D eigenvalue weighted by Crippen LogP contribution is -2.56. The van der Waals surface area contributed by atoms with Crippen molar-refractivity contribution in [3.05, 3.63) is 95.2 Å². The van der Waals surface area contributed by atoms with Gasteiger partial charge in [-0.3, -0.25) is 9.59 Å². The topological polar surface area (TPSA) is 101 Å². The lowest BCUT2D eigenvalue weighted by atomic mass is 9.92. The molecule has 9 nitrogen and oxygen atoms in total. The Morgan fingerprint density at radius 2 is 1.66 bits per heavy atom. The number of amides is 3. The highest BCUT2D eigenvalue weighted by Gasteiger charge is 2.33. The Bertz CT molecular complexity index is 1650. The normalized spacial score (nSPS) is 14.9. The summed E-state index contributed by atoms with van der Waals surface area (Å²) in [7, 11) is 3.93. The fraction of sp³-hybridized carbons (Fsp3) is 0.343. The van der Waals surface area contributed by atoms with Gasteiger partial charge in [0, 0.05) is 67.0 Å². The highest BCUT2D eigenvalue weighted by atomic mass is 16.2. The van der Waals surface area contributed by atoms with Crippen molar-refractivity contribution in [3.63, 3.8) is 0 Å². The summed E-state index contributed by atoms with van der Waals surface area (Å²) in [6.45, 7) is 8.67. The van der Waals surface area contributed by atoms with E-state index >= 15 is 0 Å². The number of rotatable bonds is 9. The summed E-state index contributed by atoms with van der Waals surface area (Å²) in [4.78, 5) is 49.7. The van der Waals surface area contributed by atoms with E-state index in [-0.39, 0.29) is 23.6 Å². The number of urea groups is 1. The van der Waals surface area contributed by atoms with Gasteiger partial charge in [0.1, 0.15) is 6.04 Å². The van der Waals surface area contributed by atoms with Crippen LogP contribution in [0.25, 0.3) is 10.9 Å². The number of H-pyrrole nitrogens is 1. The Balaban J connectivity index is 1.39. The minimum Gasteiger partial charge on any atom is -0.368 e. The van der Waals surface area contributed by atoms with Crippen molar-refractivity contribution < 1.29 is 14.4 Å². The number of anilines is 2. The zero-order chi connectivity index (χ0) is 31.4. The number of para-hydroxylation sites is 2. The average Bonchev–Trinajstić information content (AvgIpc) is 3.44. The van der Waals surface area contributed by atoms with E-state index in [4.69, 9.17) is 0 Å². The number of benzene rings is 3. The zero-order valence-electron chi connectivity index (χ0n) is 26.2. The lowest BCUT2D eigenvalue weighted by molar-refractivity contribution is -0.118. The van der Waals surface area contributed by atoms with Crippen LogP contribution in [0.3, 0.4) is 0 Å². The second kappa shape index (κ2) is 13.3. The van der Waals surface area contributed by atoms with E-state index in [2.05, 4.69) is 39.6 Å². The number of Topliss-reactive ketones (excluding diaryl/α,β-unsaturated/α-hetero) is 1. The zero-order valence-corrected chi connectivity index (χ0v) is 26.2. The molecule has 230 valence electrons. The number of aryl methyl sites for hydroxylation is 1. The molecule has 44 heavy (non-hydrogen) atoms. The molecule has 1 aromatic heterocycles. The molecule has 2 atom stereocenters. The first-order chi connectivity index (χ1) is 21.1. The van der Waals surface area contributed by atoms with E-state index in [9.17, 15) is 14.4 Å². The van der Waals surface area contributed by atoms with Crippen LogP contribution in [0.5, 0.6) is 0 Å². The molecule has 1 saturated heterocycles. The highest BCUT2D eigenvalue weighted by Crippen LogP contribution is 2.29. The standard InChI is InChI=1S/C35H42N6O3/c1-23-10-6-9-13-32(23)40-16-18-41(19-17-40)35(44)38-33(24(2)29-21-36-30-12-8-7-11-28(29)30)34(43)37-31-20-26(22-39(4)5)14-15-27(31)25(3)42/h6-15,20-21,24,33,36H,16-19,22H2,1-5H3,(H,37,43)(H,38,44)/t24-,33-/m1/s1. The van der Waals surface area contributed by atoms with Crippen molar-refractivity contribution in [2.45, 2.75) is 39.3 Å². The molecular formula is C35H42N6O3. The van der Waals surface area contributed by atoms with Crippen LogP contribution >= 0.6 is 0 Å². The molecule has 1 fully saturated rings. The number of carbonyl (C=O) groups is 3. The molecule has 5 rings (SSSR count). The second-order valence-electron chi connectivity index (χ2n) is 11.9. The van der Waals surface area contributed by atoms with Gasteiger partial charge in [-0.2, -0.15) is 0 Å². The average molecular weight is 595 g/mol. The molecule has 3 aromatic carbocycles. The molecule has 0 aliphatic carbocycles. The first-order valence-corrected chi connectivity index (χ1v) is 15.1. The van der Waals surface area contributed by atoms with E-state index in [1.54, 1.807) is 11.0 Å². The van der Waals surface area contributed by atoms with Gasteiger partial charge in [-0.1, -0.05) is 49.4 Å². The summed E-state index contributed by atoms with van der Waals surface area (Å²) in [5.41, 5.74) is 6.11. The lowest BCUT2D eigenvalue weighted by Gasteiger charge is -2.37. The van der Waals surface area contributed by atoms with Gasteiger partial charge in [0.25, 0.3) is 0 Å². The Hall–Kier alpha value is -4.63. The quantitative estimate of drug-likeness (QED) is 0.226. The molecular weight excluding hydrogens is 552 g/mol. The van der Waals surface area contributed by atoms with Gasteiger partial charge in [-0.25, -0.2) is 4.79 Å². The minimum absolute atomic E-state index is 0.145. The van der Waals surface area contributed by atoms with Crippen molar-refractivity contribution in [2.75, 3.05) is 50.5 Å². The Kier molecular flexibility index (Phi) is 9.35. The van der Waals surface area contributed by atoms with Crippen molar-refractivity contribution >= 4 is 40.0 Å². The van der Waals surface area contributed by atoms with Crippen LogP contribution in [0.15, 0.2) is 72.9 Å². The summed E-state index contributed by atoms with van der Waals surface area (Å²) in [5.74, 6) is -0.887. The number of hydrogen-bond acceptors (Lipinski definition) is 5. The van der Waals surface area contributed by atoms with Gasteiger partial charge in [0.15, 0.2) is 5.78 Å². The van der Waals surface area contributed by atoms with Gasteiger partial charge in [0.05, 0.1) is 5.69 Å². The van der Waals surface area contributed by atoms with Crippen molar-refractivity contribution in [3.8, 4) is 0 Å². The third kappa shape index (κ3) is 6.78. The number of piperazine rings is 1. The molecule has 3 amide bonds. The maximum Gasteiger partial charge on any atom is 0.318 e. The predicted octanol–water partition coefficient (Wildman–Crippen LogP) is 5.38. The van der Waals surface area contributed by atoms with Crippen LogP contribution in [0, 0.1) is 6.92 Å². The van der Waals surface area contributed by atoms with Crippen molar-refractivity contribution in [2.24, 2.45) is 0 Å². The molecule has 0 unspecified atom stereocenters. The smallest absolute Gasteiger partial charge is 0.318 e. The van der Waals surface area contributed by atoms with Crippen LogP contribution in [-0.4, -0.2) is 78.8 Å². The molecule has 3 N–H and O–H groups in total. The number of aromatic amines is 1. The molecule has 0 saturated carbocycles. The van der Waals surface area contributed by atoms with E-state index in [0.29, 0.717) is 44.0 Å². The summed E-state index contributed by atoms with van der Waals surface area (Å²) < 4.78 is 0. The number of fused-ring (bicyclic) bond motifs is 1. The molecule has 4 aromatic rings. The predicted molar refractivity (Wildman–Crippen MR) is 176 cm³/mol. The van der Waals surface area contributed by atoms with Crippen LogP contribution in [0.1, 0.15) is 46.8 Å². The van der Waals surface area contributed by atoms with Gasteiger partial charge in [0.2, 0.25) is 5.91 Å². The number of carbonyl (C=O) groups excluding carboxylic acids is 3. The first-order valence-electron chi connectivity index (χ1n) is 15.1. The third-order valence-corrected chi connectivity index (χ3v) is 8.42. The number of nitrogens with one attached hydrogen (secondary N) is 3. The molecule has 2 heterocycles. The van der Waals surface area contributed by atoms with Crippen LogP contribution in [-0.2, 0) is 11.3 Å². The molecule has 9 heteroatoms. The van der Waals surface area contributed by atoms with Gasteiger partial charge in [-0.15, -0.1) is 0 Å². The third-order valence-electron chi connectivity index (χ3n) is 8.42. The van der Waals surface area contributed by atoms with E-state index in [0.717, 1.165) is 22.0 Å². The maximum atomic E-state index is 14.1. The maximum absolute atomic E-state index is 14.1. The number of nitrogens with zero attached hydrogens (tertiary/aromatic N) is 3. The summed E-state index contributed by atoms with van der Waals surface area (Å²) in [6, 6.07) is 20.5. The van der Waals surface area contributed by atoms with Crippen LogP contribution in [0.2, 0.25) is 0 Å².